The number of ether oxygens (including phenoxy) is 1. The highest BCUT2D eigenvalue weighted by Gasteiger charge is 2.21. The molecule has 2 aromatic carbocycles. The number of carbonyl (C=O) groups excluding carboxylic acids is 1. The van der Waals surface area contributed by atoms with Crippen molar-refractivity contribution in [1.29, 1.82) is 0 Å². The molecule has 2 heterocycles. The Morgan fingerprint density at radius 1 is 1.12 bits per heavy atom. The van der Waals surface area contributed by atoms with Gasteiger partial charge < -0.3 is 15.8 Å². The second kappa shape index (κ2) is 8.26. The predicted molar refractivity (Wildman–Crippen MR) is 121 cm³/mol. The number of fused-ring (bicyclic) bond motifs is 1. The van der Waals surface area contributed by atoms with Gasteiger partial charge >= 0.3 is 6.09 Å². The molecular weight excluding hydrogens is 411 g/mol. The average molecular weight is 434 g/mol. The van der Waals surface area contributed by atoms with E-state index in [1.54, 1.807) is 18.2 Å². The Morgan fingerprint density at radius 3 is 2.53 bits per heavy atom. The smallest absolute Gasteiger partial charge is 0.435 e. The third kappa shape index (κ3) is 4.09. The van der Waals surface area contributed by atoms with Gasteiger partial charge in [-0.15, -0.1) is 15.3 Å². The Labute approximate surface area is 184 Å². The molecule has 0 fully saturated rings. The summed E-state index contributed by atoms with van der Waals surface area (Å²) < 4.78 is 19.0. The highest BCUT2D eigenvalue weighted by atomic mass is 19.1. The van der Waals surface area contributed by atoms with E-state index in [9.17, 15) is 9.18 Å². The zero-order valence-electron chi connectivity index (χ0n) is 18.0. The molecule has 0 atom stereocenters. The fraction of sp³-hybridized carbons (Fsp3) is 0.217. The van der Waals surface area contributed by atoms with Gasteiger partial charge in [0.2, 0.25) is 0 Å². The number of rotatable bonds is 5. The van der Waals surface area contributed by atoms with Crippen molar-refractivity contribution in [3.05, 3.63) is 66.0 Å². The predicted octanol–water partition coefficient (Wildman–Crippen LogP) is 4.22. The first-order valence-electron chi connectivity index (χ1n) is 9.99. The van der Waals surface area contributed by atoms with Crippen LogP contribution in [0.25, 0.3) is 22.2 Å². The highest BCUT2D eigenvalue weighted by Crippen LogP contribution is 2.28. The Hall–Kier alpha value is -4.01. The van der Waals surface area contributed by atoms with E-state index in [-0.39, 0.29) is 17.1 Å². The normalized spacial score (nSPS) is 11.5. The molecule has 0 radical (unpaired) electrons. The Morgan fingerprint density at radius 2 is 1.88 bits per heavy atom. The van der Waals surface area contributed by atoms with E-state index in [0.29, 0.717) is 29.0 Å². The number of carbonyl (C=O) groups is 1. The fourth-order valence-electron chi connectivity index (χ4n) is 3.42. The summed E-state index contributed by atoms with van der Waals surface area (Å²) in [5, 5.41) is 16.5. The first-order valence-corrected chi connectivity index (χ1v) is 9.99. The molecule has 0 aliphatic carbocycles. The molecule has 0 unspecified atom stereocenters. The van der Waals surface area contributed by atoms with Crippen molar-refractivity contribution in [3.63, 3.8) is 0 Å². The van der Waals surface area contributed by atoms with Crippen LogP contribution >= 0.6 is 0 Å². The van der Waals surface area contributed by atoms with Crippen LogP contribution in [0, 0.1) is 5.82 Å². The number of methoxy groups -OCH3 is 1. The number of hydrogen-bond acceptors (Lipinski definition) is 7. The van der Waals surface area contributed by atoms with Crippen molar-refractivity contribution in [3.8, 4) is 11.3 Å². The standard InChI is InChI=1S/C23H23FN6O2/c1-23(2,15-5-7-16(24)8-6-15)13-26-20-11-9-18(27-28-20)14-4-10-19-17(12-14)21(25)29-30(19)22(31)32-3/h4-12H,13H2,1-3H3,(H2,25,29)(H,26,28). The van der Waals surface area contributed by atoms with Gasteiger partial charge in [0.05, 0.1) is 18.3 Å². The number of nitrogens with one attached hydrogen (secondary N) is 1. The summed E-state index contributed by atoms with van der Waals surface area (Å²) >= 11 is 0. The molecule has 0 bridgehead atoms. The van der Waals surface area contributed by atoms with Crippen LogP contribution in [0.3, 0.4) is 0 Å². The molecule has 0 aliphatic rings. The van der Waals surface area contributed by atoms with E-state index >= 15 is 0 Å². The number of nitrogen functional groups attached to an aromatic ring is 1. The van der Waals surface area contributed by atoms with Gasteiger partial charge in [-0.2, -0.15) is 4.68 Å². The molecule has 0 aliphatic heterocycles. The lowest BCUT2D eigenvalue weighted by Gasteiger charge is -2.25. The highest BCUT2D eigenvalue weighted by molar-refractivity contribution is 5.96. The Kier molecular flexibility index (Phi) is 5.48. The summed E-state index contributed by atoms with van der Waals surface area (Å²) in [7, 11) is 1.28. The van der Waals surface area contributed by atoms with E-state index < -0.39 is 6.09 Å². The number of nitrogens with two attached hydrogens (primary N) is 1. The minimum Gasteiger partial charge on any atom is -0.451 e. The minimum absolute atomic E-state index is 0.224. The third-order valence-corrected chi connectivity index (χ3v) is 5.35. The van der Waals surface area contributed by atoms with Crippen molar-refractivity contribution in [1.82, 2.24) is 20.0 Å². The quantitative estimate of drug-likeness (QED) is 0.484. The van der Waals surface area contributed by atoms with Gasteiger partial charge in [-0.3, -0.25) is 0 Å². The number of nitrogens with zero attached hydrogens (tertiary/aromatic N) is 4. The molecule has 9 heteroatoms. The monoisotopic (exact) mass is 434 g/mol. The molecule has 32 heavy (non-hydrogen) atoms. The number of hydrogen-bond donors (Lipinski definition) is 2. The fourth-order valence-corrected chi connectivity index (χ4v) is 3.42. The van der Waals surface area contributed by atoms with Crippen LogP contribution < -0.4 is 11.1 Å². The second-order valence-electron chi connectivity index (χ2n) is 8.05. The molecule has 0 spiro atoms. The molecule has 8 nitrogen and oxygen atoms in total. The third-order valence-electron chi connectivity index (χ3n) is 5.35. The molecule has 0 saturated carbocycles. The summed E-state index contributed by atoms with van der Waals surface area (Å²) in [5.74, 6) is 0.598. The van der Waals surface area contributed by atoms with Gasteiger partial charge in [-0.05, 0) is 42.0 Å². The van der Waals surface area contributed by atoms with Gasteiger partial charge in [0, 0.05) is 22.9 Å². The van der Waals surface area contributed by atoms with Gasteiger partial charge in [-0.1, -0.05) is 32.0 Å². The van der Waals surface area contributed by atoms with E-state index in [4.69, 9.17) is 10.5 Å². The summed E-state index contributed by atoms with van der Waals surface area (Å²) in [6.07, 6.45) is -0.613. The largest absolute Gasteiger partial charge is 0.451 e. The molecule has 4 rings (SSSR count). The van der Waals surface area contributed by atoms with Gasteiger partial charge in [0.25, 0.3) is 0 Å². The van der Waals surface area contributed by atoms with E-state index in [1.807, 2.05) is 24.3 Å². The molecule has 2 aromatic heterocycles. The maximum absolute atomic E-state index is 13.2. The van der Waals surface area contributed by atoms with Gasteiger partial charge in [0.15, 0.2) is 5.82 Å². The van der Waals surface area contributed by atoms with Crippen molar-refractivity contribution in [2.75, 3.05) is 24.7 Å². The lowest BCUT2D eigenvalue weighted by Crippen LogP contribution is -2.28. The molecule has 164 valence electrons. The topological polar surface area (TPSA) is 108 Å². The van der Waals surface area contributed by atoms with Crippen molar-refractivity contribution >= 4 is 28.6 Å². The van der Waals surface area contributed by atoms with E-state index in [0.717, 1.165) is 15.8 Å². The molecular formula is C23H23FN6O2. The maximum Gasteiger partial charge on any atom is 0.435 e. The van der Waals surface area contributed by atoms with Crippen LogP contribution in [0.15, 0.2) is 54.6 Å². The van der Waals surface area contributed by atoms with Crippen LogP contribution in [0.5, 0.6) is 0 Å². The van der Waals surface area contributed by atoms with Crippen LogP contribution in [-0.2, 0) is 10.2 Å². The number of halogens is 1. The van der Waals surface area contributed by atoms with E-state index in [2.05, 4.69) is 34.5 Å². The second-order valence-corrected chi connectivity index (χ2v) is 8.05. The maximum atomic E-state index is 13.2. The summed E-state index contributed by atoms with van der Waals surface area (Å²) in [6, 6.07) is 15.6. The zero-order valence-corrected chi connectivity index (χ0v) is 18.0. The Bertz CT molecular complexity index is 1270. The number of anilines is 2. The van der Waals surface area contributed by atoms with Gasteiger partial charge in [-0.25, -0.2) is 9.18 Å². The number of aromatic nitrogens is 4. The van der Waals surface area contributed by atoms with Crippen molar-refractivity contribution in [2.24, 2.45) is 0 Å². The first-order chi connectivity index (χ1) is 15.3. The summed E-state index contributed by atoms with van der Waals surface area (Å²) in [4.78, 5) is 11.8. The molecule has 0 saturated heterocycles. The van der Waals surface area contributed by atoms with Gasteiger partial charge in [0.1, 0.15) is 11.6 Å². The summed E-state index contributed by atoms with van der Waals surface area (Å²) in [5.41, 5.74) is 8.76. The lowest BCUT2D eigenvalue weighted by molar-refractivity contribution is 0.170. The van der Waals surface area contributed by atoms with Crippen molar-refractivity contribution in [2.45, 2.75) is 19.3 Å². The SMILES string of the molecule is COC(=O)n1nc(N)c2cc(-c3ccc(NCC(C)(C)c4ccc(F)cc4)nn3)ccc21. The Balaban J connectivity index is 1.51. The van der Waals surface area contributed by atoms with E-state index in [1.165, 1.54) is 19.2 Å². The average Bonchev–Trinajstić information content (AvgIpc) is 3.14. The van der Waals surface area contributed by atoms with Crippen LogP contribution in [0.1, 0.15) is 19.4 Å². The molecule has 0 amide bonds. The lowest BCUT2D eigenvalue weighted by atomic mass is 9.84. The molecule has 3 N–H and O–H groups in total. The summed E-state index contributed by atoms with van der Waals surface area (Å²) in [6.45, 7) is 4.74. The number of benzene rings is 2. The van der Waals surface area contributed by atoms with Crippen LogP contribution in [-0.4, -0.2) is 39.7 Å². The van der Waals surface area contributed by atoms with Crippen LogP contribution in [0.2, 0.25) is 0 Å². The zero-order chi connectivity index (χ0) is 22.9. The first kappa shape index (κ1) is 21.2. The van der Waals surface area contributed by atoms with Crippen LogP contribution in [0.4, 0.5) is 20.8 Å². The van der Waals surface area contributed by atoms with Crippen molar-refractivity contribution < 1.29 is 13.9 Å². The molecule has 4 aromatic rings. The minimum atomic E-state index is -0.613.